The van der Waals surface area contributed by atoms with Crippen molar-refractivity contribution in [2.45, 2.75) is 6.10 Å². The Morgan fingerprint density at radius 3 is 2.03 bits per heavy atom. The summed E-state index contributed by atoms with van der Waals surface area (Å²) in [5, 5.41) is 4.02. The molecule has 0 saturated heterocycles. The van der Waals surface area contributed by atoms with E-state index in [-0.39, 0.29) is 5.91 Å². The highest BCUT2D eigenvalue weighted by Crippen LogP contribution is 2.37. The van der Waals surface area contributed by atoms with Gasteiger partial charge < -0.3 is 23.8 Å². The van der Waals surface area contributed by atoms with Gasteiger partial charge in [-0.3, -0.25) is 4.79 Å². The van der Waals surface area contributed by atoms with Crippen LogP contribution in [-0.4, -0.2) is 54.7 Å². The van der Waals surface area contributed by atoms with Crippen molar-refractivity contribution in [1.29, 1.82) is 0 Å². The quantitative estimate of drug-likeness (QED) is 0.514. The molecule has 0 heterocycles. The summed E-state index contributed by atoms with van der Waals surface area (Å²) in [4.78, 5) is 14.5. The number of nitrogens with zero attached hydrogens (tertiary/aromatic N) is 2. The summed E-state index contributed by atoms with van der Waals surface area (Å²) in [6, 6.07) is 11.0. The molecule has 156 valence electrons. The number of hydrazone groups is 1. The lowest BCUT2D eigenvalue weighted by Gasteiger charge is -2.16. The third-order valence-electron chi connectivity index (χ3n) is 4.26. The van der Waals surface area contributed by atoms with Gasteiger partial charge in [-0.05, 0) is 29.8 Å². The first kappa shape index (κ1) is 22.0. The molecule has 0 aliphatic carbocycles. The first-order valence-electron chi connectivity index (χ1n) is 8.88. The molecule has 1 unspecified atom stereocenters. The van der Waals surface area contributed by atoms with Crippen LogP contribution in [0.25, 0.3) is 0 Å². The lowest BCUT2D eigenvalue weighted by molar-refractivity contribution is -0.131. The summed E-state index contributed by atoms with van der Waals surface area (Å²) < 4.78 is 21.3. The summed E-state index contributed by atoms with van der Waals surface area (Å²) in [6.07, 6.45) is 0.716. The highest BCUT2D eigenvalue weighted by Gasteiger charge is 2.20. The zero-order valence-electron chi connectivity index (χ0n) is 17.6. The van der Waals surface area contributed by atoms with Gasteiger partial charge in [-0.25, -0.2) is 5.43 Å². The molecule has 0 saturated carbocycles. The zero-order valence-corrected chi connectivity index (χ0v) is 17.6. The van der Waals surface area contributed by atoms with Crippen LogP contribution in [-0.2, 0) is 9.53 Å². The Morgan fingerprint density at radius 1 is 1.00 bits per heavy atom. The number of carbonyl (C=O) groups is 1. The standard InChI is InChI=1S/C21H27N3O5/c1-24(2)16-9-7-15(8-10-16)19(28-5)21(25)23-22-13-14-11-17(26-3)20(29-6)18(12-14)27-4/h7-13,19H,1-6H3,(H,23,25). The van der Waals surface area contributed by atoms with E-state index in [9.17, 15) is 4.79 Å². The molecule has 0 fully saturated rings. The van der Waals surface area contributed by atoms with E-state index < -0.39 is 6.10 Å². The van der Waals surface area contributed by atoms with Crippen LogP contribution in [0.1, 0.15) is 17.2 Å². The molecule has 0 radical (unpaired) electrons. The van der Waals surface area contributed by atoms with Crippen molar-refractivity contribution in [3.05, 3.63) is 47.5 Å². The van der Waals surface area contributed by atoms with Crippen LogP contribution in [0.15, 0.2) is 41.5 Å². The molecule has 0 aliphatic heterocycles. The SMILES string of the molecule is COc1cc(C=NNC(=O)C(OC)c2ccc(N(C)C)cc2)cc(OC)c1OC. The molecule has 1 amide bonds. The number of hydrogen-bond donors (Lipinski definition) is 1. The summed E-state index contributed by atoms with van der Waals surface area (Å²) >= 11 is 0. The first-order chi connectivity index (χ1) is 13.9. The maximum Gasteiger partial charge on any atom is 0.273 e. The van der Waals surface area contributed by atoms with Crippen LogP contribution >= 0.6 is 0 Å². The smallest absolute Gasteiger partial charge is 0.273 e. The summed E-state index contributed by atoms with van der Waals surface area (Å²) in [6.45, 7) is 0. The predicted molar refractivity (Wildman–Crippen MR) is 112 cm³/mol. The highest BCUT2D eigenvalue weighted by molar-refractivity contribution is 5.86. The Bertz CT molecular complexity index is 825. The van der Waals surface area contributed by atoms with Crippen LogP contribution < -0.4 is 24.5 Å². The van der Waals surface area contributed by atoms with Crippen molar-refractivity contribution >= 4 is 17.8 Å². The minimum absolute atomic E-state index is 0.381. The Kier molecular flexibility index (Phi) is 7.85. The molecule has 0 bridgehead atoms. The van der Waals surface area contributed by atoms with Crippen molar-refractivity contribution in [1.82, 2.24) is 5.43 Å². The van der Waals surface area contributed by atoms with Gasteiger partial charge in [0.05, 0.1) is 27.5 Å². The van der Waals surface area contributed by atoms with E-state index in [1.165, 1.54) is 34.7 Å². The number of nitrogens with one attached hydrogen (secondary N) is 1. The minimum Gasteiger partial charge on any atom is -0.493 e. The molecule has 0 aliphatic rings. The number of methoxy groups -OCH3 is 4. The Labute approximate surface area is 171 Å². The van der Waals surface area contributed by atoms with Crippen molar-refractivity contribution in [3.8, 4) is 17.2 Å². The van der Waals surface area contributed by atoms with Gasteiger partial charge in [0.25, 0.3) is 5.91 Å². The minimum atomic E-state index is -0.775. The Balaban J connectivity index is 2.13. The molecule has 8 heteroatoms. The normalized spacial score (nSPS) is 11.8. The molecular formula is C21H27N3O5. The van der Waals surface area contributed by atoms with Crippen molar-refractivity contribution in [3.63, 3.8) is 0 Å². The monoisotopic (exact) mass is 401 g/mol. The number of rotatable bonds is 9. The second kappa shape index (κ2) is 10.3. The van der Waals surface area contributed by atoms with Gasteiger partial charge in [0.2, 0.25) is 5.75 Å². The second-order valence-electron chi connectivity index (χ2n) is 6.29. The fraction of sp³-hybridized carbons (Fsp3) is 0.333. The van der Waals surface area contributed by atoms with Crippen molar-refractivity contribution < 1.29 is 23.7 Å². The van der Waals surface area contributed by atoms with Gasteiger partial charge in [0.15, 0.2) is 17.6 Å². The molecule has 1 atom stereocenters. The van der Waals surface area contributed by atoms with E-state index in [4.69, 9.17) is 18.9 Å². The van der Waals surface area contributed by atoms with Crippen LogP contribution in [0.5, 0.6) is 17.2 Å². The molecule has 29 heavy (non-hydrogen) atoms. The van der Waals surface area contributed by atoms with E-state index in [1.807, 2.05) is 43.3 Å². The maximum atomic E-state index is 12.5. The lowest BCUT2D eigenvalue weighted by atomic mass is 10.1. The van der Waals surface area contributed by atoms with Crippen molar-refractivity contribution in [2.75, 3.05) is 47.4 Å². The molecule has 0 aromatic heterocycles. The average molecular weight is 401 g/mol. The Hall–Kier alpha value is -3.26. The second-order valence-corrected chi connectivity index (χ2v) is 6.29. The zero-order chi connectivity index (χ0) is 21.4. The largest absolute Gasteiger partial charge is 0.493 e. The van der Waals surface area contributed by atoms with Crippen LogP contribution in [0.4, 0.5) is 5.69 Å². The van der Waals surface area contributed by atoms with E-state index in [2.05, 4.69) is 10.5 Å². The predicted octanol–water partition coefficient (Wildman–Crippen LogP) is 2.62. The van der Waals surface area contributed by atoms with E-state index in [1.54, 1.807) is 12.1 Å². The molecule has 2 rings (SSSR count). The van der Waals surface area contributed by atoms with Gasteiger partial charge in [0.1, 0.15) is 0 Å². The van der Waals surface area contributed by atoms with Crippen molar-refractivity contribution in [2.24, 2.45) is 5.10 Å². The highest BCUT2D eigenvalue weighted by atomic mass is 16.5. The van der Waals surface area contributed by atoms with Gasteiger partial charge in [-0.1, -0.05) is 12.1 Å². The number of carbonyl (C=O) groups excluding carboxylic acids is 1. The summed E-state index contributed by atoms with van der Waals surface area (Å²) in [7, 11) is 9.98. The number of anilines is 1. The van der Waals surface area contributed by atoms with Gasteiger partial charge in [-0.2, -0.15) is 5.10 Å². The average Bonchev–Trinajstić information content (AvgIpc) is 2.73. The third kappa shape index (κ3) is 5.39. The van der Waals surface area contributed by atoms with Crippen LogP contribution in [0.2, 0.25) is 0 Å². The number of benzene rings is 2. The van der Waals surface area contributed by atoms with Gasteiger partial charge in [-0.15, -0.1) is 0 Å². The van der Waals surface area contributed by atoms with E-state index in [0.29, 0.717) is 22.8 Å². The fourth-order valence-corrected chi connectivity index (χ4v) is 2.75. The summed E-state index contributed by atoms with van der Waals surface area (Å²) in [5.74, 6) is 1.09. The number of hydrogen-bond acceptors (Lipinski definition) is 7. The molecule has 2 aromatic rings. The molecule has 0 spiro atoms. The maximum absolute atomic E-state index is 12.5. The van der Waals surface area contributed by atoms with E-state index in [0.717, 1.165) is 11.3 Å². The summed E-state index contributed by atoms with van der Waals surface area (Å²) in [5.41, 5.74) is 4.94. The molecule has 2 aromatic carbocycles. The van der Waals surface area contributed by atoms with Crippen LogP contribution in [0, 0.1) is 0 Å². The molecule has 8 nitrogen and oxygen atoms in total. The Morgan fingerprint density at radius 2 is 1.59 bits per heavy atom. The van der Waals surface area contributed by atoms with Gasteiger partial charge >= 0.3 is 0 Å². The topological polar surface area (TPSA) is 81.6 Å². The number of ether oxygens (including phenoxy) is 4. The molecular weight excluding hydrogens is 374 g/mol. The number of amides is 1. The third-order valence-corrected chi connectivity index (χ3v) is 4.26. The molecule has 1 N–H and O–H groups in total. The fourth-order valence-electron chi connectivity index (χ4n) is 2.75. The first-order valence-corrected chi connectivity index (χ1v) is 8.88. The van der Waals surface area contributed by atoms with Crippen LogP contribution in [0.3, 0.4) is 0 Å². The van der Waals surface area contributed by atoms with Gasteiger partial charge in [0, 0.05) is 32.5 Å². The lowest BCUT2D eigenvalue weighted by Crippen LogP contribution is -2.26. The van der Waals surface area contributed by atoms with E-state index >= 15 is 0 Å².